The van der Waals surface area contributed by atoms with Crippen LogP contribution in [-0.2, 0) is 14.6 Å². The van der Waals surface area contributed by atoms with Crippen LogP contribution in [0.15, 0.2) is 0 Å². The zero-order valence-corrected chi connectivity index (χ0v) is 7.64. The molecule has 0 rings (SSSR count). The van der Waals surface area contributed by atoms with E-state index in [-0.39, 0.29) is 5.97 Å². The summed E-state index contributed by atoms with van der Waals surface area (Å²) in [6, 6.07) is 0. The van der Waals surface area contributed by atoms with Crippen LogP contribution in [0.4, 0.5) is 0 Å². The number of carbonyl (C=O) groups is 1. The van der Waals surface area contributed by atoms with Crippen molar-refractivity contribution in [3.05, 3.63) is 0 Å². The third-order valence-corrected chi connectivity index (χ3v) is 1.69. The molecule has 0 radical (unpaired) electrons. The van der Waals surface area contributed by atoms with E-state index in [1.165, 1.54) is 0 Å². The highest BCUT2D eigenvalue weighted by atomic mass is 17.2. The van der Waals surface area contributed by atoms with Gasteiger partial charge in [0.15, 0.2) is 0 Å². The number of hydrogen-bond donors (Lipinski definition) is 0. The highest BCUT2D eigenvalue weighted by Crippen LogP contribution is 2.21. The van der Waals surface area contributed by atoms with Crippen molar-refractivity contribution in [1.82, 2.24) is 0 Å². The SMILES string of the molecule is CCOOC(=O)C(C)(C)CC. The van der Waals surface area contributed by atoms with Gasteiger partial charge in [0.25, 0.3) is 0 Å². The molecular weight excluding hydrogens is 144 g/mol. The predicted molar refractivity (Wildman–Crippen MR) is 41.8 cm³/mol. The molecule has 0 aromatic heterocycles. The molecule has 0 saturated heterocycles. The molecule has 0 aliphatic rings. The lowest BCUT2D eigenvalue weighted by molar-refractivity contribution is -0.277. The van der Waals surface area contributed by atoms with Crippen LogP contribution in [0.3, 0.4) is 0 Å². The van der Waals surface area contributed by atoms with E-state index >= 15 is 0 Å². The Labute approximate surface area is 67.6 Å². The van der Waals surface area contributed by atoms with E-state index in [0.717, 1.165) is 6.42 Å². The summed E-state index contributed by atoms with van der Waals surface area (Å²) in [5, 5.41) is 0. The molecule has 11 heavy (non-hydrogen) atoms. The fourth-order valence-corrected chi connectivity index (χ4v) is 0.370. The first-order chi connectivity index (χ1) is 5.04. The lowest BCUT2D eigenvalue weighted by Crippen LogP contribution is -2.25. The molecule has 0 aliphatic carbocycles. The van der Waals surface area contributed by atoms with Crippen molar-refractivity contribution in [2.75, 3.05) is 6.61 Å². The Kier molecular flexibility index (Phi) is 4.11. The molecule has 0 aromatic rings. The van der Waals surface area contributed by atoms with Gasteiger partial charge in [-0.05, 0) is 27.2 Å². The molecule has 0 bridgehead atoms. The van der Waals surface area contributed by atoms with E-state index in [1.807, 2.05) is 20.8 Å². The van der Waals surface area contributed by atoms with Crippen molar-refractivity contribution < 1.29 is 14.6 Å². The minimum absolute atomic E-state index is 0.304. The van der Waals surface area contributed by atoms with Crippen molar-refractivity contribution in [3.63, 3.8) is 0 Å². The Bertz CT molecular complexity index is 129. The van der Waals surface area contributed by atoms with Crippen molar-refractivity contribution >= 4 is 5.97 Å². The van der Waals surface area contributed by atoms with Crippen molar-refractivity contribution in [2.24, 2.45) is 5.41 Å². The fourth-order valence-electron chi connectivity index (χ4n) is 0.370. The van der Waals surface area contributed by atoms with Gasteiger partial charge in [-0.3, -0.25) is 4.89 Å². The summed E-state index contributed by atoms with van der Waals surface area (Å²) in [5.74, 6) is -0.304. The van der Waals surface area contributed by atoms with E-state index in [2.05, 4.69) is 9.78 Å². The number of rotatable bonds is 4. The van der Waals surface area contributed by atoms with Gasteiger partial charge in [-0.25, -0.2) is 4.79 Å². The van der Waals surface area contributed by atoms with E-state index in [0.29, 0.717) is 6.61 Å². The summed E-state index contributed by atoms with van der Waals surface area (Å²) in [6.07, 6.45) is 0.749. The molecule has 0 N–H and O–H groups in total. The van der Waals surface area contributed by atoms with Crippen LogP contribution in [0.5, 0.6) is 0 Å². The smallest absolute Gasteiger partial charge is 0.298 e. The minimum Gasteiger partial charge on any atom is -0.298 e. The van der Waals surface area contributed by atoms with Crippen LogP contribution in [0.2, 0.25) is 0 Å². The minimum atomic E-state index is -0.435. The monoisotopic (exact) mass is 160 g/mol. The van der Waals surface area contributed by atoms with Crippen LogP contribution in [0.25, 0.3) is 0 Å². The Morgan fingerprint density at radius 3 is 2.27 bits per heavy atom. The molecule has 0 aromatic carbocycles. The molecule has 3 nitrogen and oxygen atoms in total. The van der Waals surface area contributed by atoms with Gasteiger partial charge in [0, 0.05) is 0 Å². The molecule has 0 amide bonds. The average molecular weight is 160 g/mol. The van der Waals surface area contributed by atoms with Crippen LogP contribution >= 0.6 is 0 Å². The first kappa shape index (κ1) is 10.4. The molecule has 0 saturated carbocycles. The largest absolute Gasteiger partial charge is 0.347 e. The van der Waals surface area contributed by atoms with Gasteiger partial charge in [0.2, 0.25) is 0 Å². The second-order valence-electron chi connectivity index (χ2n) is 3.01. The topological polar surface area (TPSA) is 35.5 Å². The molecular formula is C8H16O3. The molecule has 0 spiro atoms. The standard InChI is InChI=1S/C8H16O3/c1-5-8(3,4)7(9)11-10-6-2/h5-6H2,1-4H3. The molecule has 0 unspecified atom stereocenters. The summed E-state index contributed by atoms with van der Waals surface area (Å²) in [5.41, 5.74) is -0.435. The van der Waals surface area contributed by atoms with Crippen LogP contribution < -0.4 is 0 Å². The van der Waals surface area contributed by atoms with E-state index < -0.39 is 5.41 Å². The van der Waals surface area contributed by atoms with Gasteiger partial charge in [-0.2, -0.15) is 4.89 Å². The Hall–Kier alpha value is -0.570. The van der Waals surface area contributed by atoms with Gasteiger partial charge in [0.1, 0.15) is 0 Å². The molecule has 3 heteroatoms. The molecule has 0 heterocycles. The number of hydrogen-bond acceptors (Lipinski definition) is 3. The van der Waals surface area contributed by atoms with E-state index in [9.17, 15) is 4.79 Å². The van der Waals surface area contributed by atoms with Crippen LogP contribution in [-0.4, -0.2) is 12.6 Å². The maximum atomic E-state index is 11.1. The van der Waals surface area contributed by atoms with Gasteiger partial charge in [-0.15, -0.1) is 0 Å². The summed E-state index contributed by atoms with van der Waals surface area (Å²) in [6.45, 7) is 7.76. The highest BCUT2D eigenvalue weighted by molar-refractivity contribution is 5.75. The van der Waals surface area contributed by atoms with Crippen molar-refractivity contribution in [3.8, 4) is 0 Å². The second-order valence-corrected chi connectivity index (χ2v) is 3.01. The first-order valence-corrected chi connectivity index (χ1v) is 3.88. The highest BCUT2D eigenvalue weighted by Gasteiger charge is 2.27. The second kappa shape index (κ2) is 4.34. The van der Waals surface area contributed by atoms with Crippen LogP contribution in [0.1, 0.15) is 34.1 Å². The average Bonchev–Trinajstić information content (AvgIpc) is 2.00. The molecule has 0 atom stereocenters. The van der Waals surface area contributed by atoms with Gasteiger partial charge in [-0.1, -0.05) is 6.92 Å². The Morgan fingerprint density at radius 1 is 1.36 bits per heavy atom. The summed E-state index contributed by atoms with van der Waals surface area (Å²) >= 11 is 0. The maximum absolute atomic E-state index is 11.1. The zero-order valence-electron chi connectivity index (χ0n) is 7.64. The first-order valence-electron chi connectivity index (χ1n) is 3.88. The molecule has 0 fully saturated rings. The fraction of sp³-hybridized carbons (Fsp3) is 0.875. The van der Waals surface area contributed by atoms with Crippen LogP contribution in [0, 0.1) is 5.41 Å². The maximum Gasteiger partial charge on any atom is 0.347 e. The zero-order chi connectivity index (χ0) is 8.91. The summed E-state index contributed by atoms with van der Waals surface area (Å²) < 4.78 is 0. The van der Waals surface area contributed by atoms with Crippen molar-refractivity contribution in [1.29, 1.82) is 0 Å². The summed E-state index contributed by atoms with van der Waals surface area (Å²) in [7, 11) is 0. The Morgan fingerprint density at radius 2 is 1.91 bits per heavy atom. The van der Waals surface area contributed by atoms with E-state index in [1.54, 1.807) is 6.92 Å². The number of carbonyl (C=O) groups excluding carboxylic acids is 1. The lowest BCUT2D eigenvalue weighted by Gasteiger charge is -2.18. The van der Waals surface area contributed by atoms with Gasteiger partial charge in [0.05, 0.1) is 12.0 Å². The lowest BCUT2D eigenvalue weighted by atomic mass is 9.91. The van der Waals surface area contributed by atoms with Crippen molar-refractivity contribution in [2.45, 2.75) is 34.1 Å². The quantitative estimate of drug-likeness (QED) is 0.465. The summed E-state index contributed by atoms with van der Waals surface area (Å²) in [4.78, 5) is 20.1. The molecule has 0 aliphatic heterocycles. The Balaban J connectivity index is 3.82. The third kappa shape index (κ3) is 3.37. The molecule has 66 valence electrons. The van der Waals surface area contributed by atoms with E-state index in [4.69, 9.17) is 0 Å². The predicted octanol–water partition coefficient (Wildman–Crippen LogP) is 1.92. The third-order valence-electron chi connectivity index (χ3n) is 1.69. The van der Waals surface area contributed by atoms with Gasteiger partial charge < -0.3 is 0 Å². The normalized spacial score (nSPS) is 11.3. The van der Waals surface area contributed by atoms with Gasteiger partial charge >= 0.3 is 5.97 Å².